The summed E-state index contributed by atoms with van der Waals surface area (Å²) < 4.78 is 0. The summed E-state index contributed by atoms with van der Waals surface area (Å²) in [6, 6.07) is 2.13. The van der Waals surface area contributed by atoms with E-state index < -0.39 is 5.97 Å². The summed E-state index contributed by atoms with van der Waals surface area (Å²) in [7, 11) is 3.94. The Morgan fingerprint density at radius 1 is 1.60 bits per heavy atom. The normalized spacial score (nSPS) is 15.2. The molecule has 2 unspecified atom stereocenters. The molecule has 0 fully saturated rings. The van der Waals surface area contributed by atoms with Gasteiger partial charge in [0.25, 0.3) is 0 Å². The molecular weight excluding hydrogens is 192 g/mol. The summed E-state index contributed by atoms with van der Waals surface area (Å²) in [6.07, 6.45) is 3.97. The van der Waals surface area contributed by atoms with Crippen molar-refractivity contribution in [3.63, 3.8) is 0 Å². The molecule has 1 heterocycles. The molecule has 0 radical (unpaired) electrons. The van der Waals surface area contributed by atoms with E-state index in [0.29, 0.717) is 0 Å². The van der Waals surface area contributed by atoms with Crippen molar-refractivity contribution in [2.45, 2.75) is 19.4 Å². The van der Waals surface area contributed by atoms with Crippen LogP contribution in [0.15, 0.2) is 18.5 Å². The van der Waals surface area contributed by atoms with Crippen molar-refractivity contribution in [3.8, 4) is 0 Å². The maximum atomic E-state index is 10.7. The number of H-pyrrole nitrogens is 1. The van der Waals surface area contributed by atoms with Crippen LogP contribution >= 0.6 is 0 Å². The van der Waals surface area contributed by atoms with Gasteiger partial charge in [-0.25, -0.2) is 0 Å². The molecule has 0 spiro atoms. The van der Waals surface area contributed by atoms with E-state index >= 15 is 0 Å². The third kappa shape index (κ3) is 3.09. The lowest BCUT2D eigenvalue weighted by Gasteiger charge is -2.28. The second-order valence-corrected chi connectivity index (χ2v) is 4.13. The molecule has 2 atom stereocenters. The quantitative estimate of drug-likeness (QED) is 0.778. The van der Waals surface area contributed by atoms with Crippen LogP contribution in [0.5, 0.6) is 0 Å². The van der Waals surface area contributed by atoms with Crippen LogP contribution in [0.3, 0.4) is 0 Å². The van der Waals surface area contributed by atoms with Crippen LogP contribution < -0.4 is 0 Å². The Hall–Kier alpha value is -1.29. The molecule has 0 aromatic carbocycles. The van der Waals surface area contributed by atoms with E-state index in [1.54, 1.807) is 0 Å². The Bertz CT molecular complexity index is 306. The first-order valence-corrected chi connectivity index (χ1v) is 5.03. The second-order valence-electron chi connectivity index (χ2n) is 4.13. The number of hydrogen-bond acceptors (Lipinski definition) is 2. The first kappa shape index (κ1) is 11.8. The molecule has 1 aromatic heterocycles. The van der Waals surface area contributed by atoms with Crippen molar-refractivity contribution in [1.29, 1.82) is 0 Å². The van der Waals surface area contributed by atoms with Gasteiger partial charge in [-0.2, -0.15) is 0 Å². The SMILES string of the molecule is CC(CC(=O)O)C(c1cc[nH]c1)N(C)C. The third-order valence-electron chi connectivity index (χ3n) is 2.56. The molecule has 1 rings (SSSR count). The van der Waals surface area contributed by atoms with Crippen molar-refractivity contribution in [3.05, 3.63) is 24.0 Å². The third-order valence-corrected chi connectivity index (χ3v) is 2.56. The number of hydrogen-bond donors (Lipinski definition) is 2. The Kier molecular flexibility index (Phi) is 3.91. The van der Waals surface area contributed by atoms with E-state index in [2.05, 4.69) is 9.88 Å². The van der Waals surface area contributed by atoms with E-state index in [1.807, 2.05) is 39.5 Å². The Labute approximate surface area is 89.9 Å². The first-order valence-electron chi connectivity index (χ1n) is 5.03. The molecular formula is C11H18N2O2. The summed E-state index contributed by atoms with van der Waals surface area (Å²) in [6.45, 7) is 1.96. The van der Waals surface area contributed by atoms with Gasteiger partial charge in [-0.3, -0.25) is 4.79 Å². The second kappa shape index (κ2) is 4.98. The zero-order valence-electron chi connectivity index (χ0n) is 9.40. The number of aliphatic carboxylic acids is 1. The molecule has 0 aliphatic rings. The van der Waals surface area contributed by atoms with Gasteiger partial charge in [0.2, 0.25) is 0 Å². The molecule has 1 aromatic rings. The molecule has 84 valence electrons. The predicted molar refractivity (Wildman–Crippen MR) is 58.6 cm³/mol. The number of aromatic nitrogens is 1. The number of aromatic amines is 1. The molecule has 4 heteroatoms. The van der Waals surface area contributed by atoms with Gasteiger partial charge in [-0.05, 0) is 31.6 Å². The van der Waals surface area contributed by atoms with Crippen LogP contribution in [0, 0.1) is 5.92 Å². The molecule has 0 aliphatic carbocycles. The Morgan fingerprint density at radius 3 is 2.67 bits per heavy atom. The highest BCUT2D eigenvalue weighted by Crippen LogP contribution is 2.28. The van der Waals surface area contributed by atoms with Gasteiger partial charge in [0.1, 0.15) is 0 Å². The summed E-state index contributed by atoms with van der Waals surface area (Å²) in [5.41, 5.74) is 1.13. The highest BCUT2D eigenvalue weighted by atomic mass is 16.4. The van der Waals surface area contributed by atoms with Crippen LogP contribution in [0.1, 0.15) is 24.9 Å². The molecule has 0 saturated heterocycles. The maximum Gasteiger partial charge on any atom is 0.303 e. The Morgan fingerprint density at radius 2 is 2.27 bits per heavy atom. The smallest absolute Gasteiger partial charge is 0.303 e. The lowest BCUT2D eigenvalue weighted by molar-refractivity contribution is -0.138. The lowest BCUT2D eigenvalue weighted by Crippen LogP contribution is -2.27. The molecule has 4 nitrogen and oxygen atoms in total. The van der Waals surface area contributed by atoms with E-state index in [4.69, 9.17) is 5.11 Å². The van der Waals surface area contributed by atoms with Gasteiger partial charge < -0.3 is 15.0 Å². The molecule has 0 aliphatic heterocycles. The van der Waals surface area contributed by atoms with E-state index in [9.17, 15) is 4.79 Å². The van der Waals surface area contributed by atoms with Gasteiger partial charge in [-0.1, -0.05) is 6.92 Å². The standard InChI is InChI=1S/C11H18N2O2/c1-8(6-10(14)15)11(13(2)3)9-4-5-12-7-9/h4-5,7-8,11-12H,6H2,1-3H3,(H,14,15). The van der Waals surface area contributed by atoms with E-state index in [-0.39, 0.29) is 18.4 Å². The maximum absolute atomic E-state index is 10.7. The topological polar surface area (TPSA) is 56.3 Å². The predicted octanol–water partition coefficient (Wildman–Crippen LogP) is 1.73. The number of carboxylic acids is 1. The highest BCUT2D eigenvalue weighted by molar-refractivity contribution is 5.67. The number of rotatable bonds is 5. The number of carboxylic acid groups (broad SMARTS) is 1. The van der Waals surface area contributed by atoms with E-state index in [1.165, 1.54) is 0 Å². The van der Waals surface area contributed by atoms with Crippen molar-refractivity contribution in [2.75, 3.05) is 14.1 Å². The van der Waals surface area contributed by atoms with Gasteiger partial charge in [0.15, 0.2) is 0 Å². The zero-order valence-corrected chi connectivity index (χ0v) is 9.40. The molecule has 0 bridgehead atoms. The minimum Gasteiger partial charge on any atom is -0.481 e. The molecule has 0 saturated carbocycles. The molecule has 15 heavy (non-hydrogen) atoms. The van der Waals surface area contributed by atoms with Crippen LogP contribution in [-0.2, 0) is 4.79 Å². The summed E-state index contributed by atoms with van der Waals surface area (Å²) in [5, 5.41) is 8.79. The molecule has 2 N–H and O–H groups in total. The zero-order chi connectivity index (χ0) is 11.4. The van der Waals surface area contributed by atoms with Crippen LogP contribution in [0.4, 0.5) is 0 Å². The summed E-state index contributed by atoms with van der Waals surface area (Å²) in [5.74, 6) is -0.654. The minimum absolute atomic E-state index is 0.0910. The monoisotopic (exact) mass is 210 g/mol. The van der Waals surface area contributed by atoms with Crippen LogP contribution in [0.2, 0.25) is 0 Å². The van der Waals surface area contributed by atoms with Crippen LogP contribution in [0.25, 0.3) is 0 Å². The van der Waals surface area contributed by atoms with Gasteiger partial charge in [-0.15, -0.1) is 0 Å². The first-order chi connectivity index (χ1) is 7.02. The van der Waals surface area contributed by atoms with Crippen molar-refractivity contribution < 1.29 is 9.90 Å². The average Bonchev–Trinajstić information content (AvgIpc) is 2.54. The Balaban J connectivity index is 2.79. The fraction of sp³-hybridized carbons (Fsp3) is 0.545. The van der Waals surface area contributed by atoms with Crippen LogP contribution in [-0.4, -0.2) is 35.1 Å². The highest BCUT2D eigenvalue weighted by Gasteiger charge is 2.23. The molecule has 0 amide bonds. The minimum atomic E-state index is -0.745. The van der Waals surface area contributed by atoms with Gasteiger partial charge in [0.05, 0.1) is 0 Å². The van der Waals surface area contributed by atoms with Crippen molar-refractivity contribution in [2.24, 2.45) is 5.92 Å². The largest absolute Gasteiger partial charge is 0.481 e. The fourth-order valence-corrected chi connectivity index (χ4v) is 2.04. The number of nitrogens with zero attached hydrogens (tertiary/aromatic N) is 1. The lowest BCUT2D eigenvalue weighted by atomic mass is 9.93. The summed E-state index contributed by atoms with van der Waals surface area (Å²) >= 11 is 0. The average molecular weight is 210 g/mol. The number of carbonyl (C=O) groups is 1. The number of nitrogens with one attached hydrogen (secondary N) is 1. The van der Waals surface area contributed by atoms with Crippen molar-refractivity contribution in [1.82, 2.24) is 9.88 Å². The van der Waals surface area contributed by atoms with Crippen molar-refractivity contribution >= 4 is 5.97 Å². The summed E-state index contributed by atoms with van der Waals surface area (Å²) in [4.78, 5) is 15.7. The van der Waals surface area contributed by atoms with Gasteiger partial charge in [0, 0.05) is 24.9 Å². The van der Waals surface area contributed by atoms with Gasteiger partial charge >= 0.3 is 5.97 Å². The fourth-order valence-electron chi connectivity index (χ4n) is 2.04. The van der Waals surface area contributed by atoms with E-state index in [0.717, 1.165) is 5.56 Å².